The number of ether oxygens (including phenoxy) is 1. The molecule has 1 N–H and O–H groups in total. The maximum absolute atomic E-state index is 12.9. The lowest BCUT2D eigenvalue weighted by atomic mass is 10.1. The predicted molar refractivity (Wildman–Crippen MR) is 91.4 cm³/mol. The molecule has 9 heteroatoms. The maximum Gasteiger partial charge on any atom is 0.416 e. The summed E-state index contributed by atoms with van der Waals surface area (Å²) >= 11 is 0. The number of hydrogen-bond acceptors (Lipinski definition) is 3. The van der Waals surface area contributed by atoms with Crippen LogP contribution in [0.4, 0.5) is 13.2 Å². The molecular formula is C18H17F3N4O2. The highest BCUT2D eigenvalue weighted by atomic mass is 19.4. The topological polar surface area (TPSA) is 61.1 Å². The van der Waals surface area contributed by atoms with E-state index in [1.807, 2.05) is 0 Å². The van der Waals surface area contributed by atoms with Gasteiger partial charge in [-0.2, -0.15) is 18.3 Å². The molecule has 0 atom stereocenters. The van der Waals surface area contributed by atoms with E-state index in [4.69, 9.17) is 4.74 Å². The number of benzene rings is 1. The Balaban J connectivity index is 1.53. The van der Waals surface area contributed by atoms with Crippen LogP contribution in [0.3, 0.4) is 0 Å². The summed E-state index contributed by atoms with van der Waals surface area (Å²) in [5, 5.41) is 7.49. The third-order valence-electron chi connectivity index (χ3n) is 4.59. The van der Waals surface area contributed by atoms with Crippen LogP contribution in [0.25, 0.3) is 10.9 Å². The summed E-state index contributed by atoms with van der Waals surface area (Å²) in [6, 6.07) is 6.67. The number of carbonyl (C=O) groups excluding carboxylic acids is 1. The molecule has 0 spiro atoms. The number of aromatic nitrogens is 3. The first kappa shape index (κ1) is 17.4. The molecule has 1 aliphatic rings. The number of amides is 1. The average Bonchev–Trinajstić information content (AvgIpc) is 3.19. The van der Waals surface area contributed by atoms with Crippen molar-refractivity contribution in [1.82, 2.24) is 19.7 Å². The van der Waals surface area contributed by atoms with Gasteiger partial charge in [-0.1, -0.05) is 0 Å². The number of fused-ring (bicyclic) bond motifs is 2. The van der Waals surface area contributed by atoms with Gasteiger partial charge in [0.1, 0.15) is 5.69 Å². The molecule has 142 valence electrons. The van der Waals surface area contributed by atoms with Gasteiger partial charge in [0.25, 0.3) is 5.91 Å². The van der Waals surface area contributed by atoms with E-state index in [1.54, 1.807) is 22.4 Å². The van der Waals surface area contributed by atoms with E-state index in [-0.39, 0.29) is 18.1 Å². The van der Waals surface area contributed by atoms with E-state index < -0.39 is 11.7 Å². The minimum Gasteiger partial charge on any atom is -0.478 e. The first-order valence-electron chi connectivity index (χ1n) is 8.47. The van der Waals surface area contributed by atoms with Gasteiger partial charge >= 0.3 is 6.18 Å². The first-order chi connectivity index (χ1) is 12.8. The second kappa shape index (κ2) is 6.33. The quantitative estimate of drug-likeness (QED) is 0.762. The zero-order valence-electron chi connectivity index (χ0n) is 14.5. The monoisotopic (exact) mass is 378 g/mol. The van der Waals surface area contributed by atoms with Crippen LogP contribution in [0.15, 0.2) is 30.3 Å². The van der Waals surface area contributed by atoms with Gasteiger partial charge in [0.05, 0.1) is 24.4 Å². The van der Waals surface area contributed by atoms with Gasteiger partial charge in [0.15, 0.2) is 0 Å². The van der Waals surface area contributed by atoms with E-state index in [0.717, 1.165) is 25.1 Å². The molecule has 1 aromatic carbocycles. The molecule has 0 saturated carbocycles. The molecule has 0 radical (unpaired) electrons. The van der Waals surface area contributed by atoms with Crippen molar-refractivity contribution in [3.8, 4) is 5.88 Å². The van der Waals surface area contributed by atoms with Crippen molar-refractivity contribution in [2.24, 2.45) is 7.05 Å². The van der Waals surface area contributed by atoms with Crippen LogP contribution in [0.2, 0.25) is 0 Å². The third-order valence-corrected chi connectivity index (χ3v) is 4.59. The number of hydrogen-bond donors (Lipinski definition) is 1. The fraction of sp³-hybridized carbons (Fsp3) is 0.333. The zero-order chi connectivity index (χ0) is 19.2. The molecule has 3 aromatic rings. The van der Waals surface area contributed by atoms with E-state index in [2.05, 4.69) is 10.4 Å². The van der Waals surface area contributed by atoms with E-state index in [9.17, 15) is 18.0 Å². The largest absolute Gasteiger partial charge is 0.478 e. The summed E-state index contributed by atoms with van der Waals surface area (Å²) in [7, 11) is 1.65. The van der Waals surface area contributed by atoms with E-state index in [1.165, 1.54) is 12.1 Å². The van der Waals surface area contributed by atoms with Gasteiger partial charge in [0, 0.05) is 37.0 Å². The number of nitrogens with one attached hydrogen (secondary N) is 1. The van der Waals surface area contributed by atoms with Crippen molar-refractivity contribution < 1.29 is 22.7 Å². The minimum absolute atomic E-state index is 0.206. The van der Waals surface area contributed by atoms with Crippen LogP contribution in [-0.4, -0.2) is 26.9 Å². The molecular weight excluding hydrogens is 361 g/mol. The van der Waals surface area contributed by atoms with Crippen molar-refractivity contribution >= 4 is 16.8 Å². The molecule has 27 heavy (non-hydrogen) atoms. The average molecular weight is 378 g/mol. The molecule has 0 bridgehead atoms. The Morgan fingerprint density at radius 2 is 2.11 bits per heavy atom. The molecule has 0 aliphatic carbocycles. The van der Waals surface area contributed by atoms with Crippen LogP contribution < -0.4 is 10.1 Å². The molecule has 1 amide bonds. The molecule has 2 aromatic heterocycles. The molecule has 1 aliphatic heterocycles. The highest BCUT2D eigenvalue weighted by molar-refractivity contribution is 5.98. The Hall–Kier alpha value is -2.97. The zero-order valence-corrected chi connectivity index (χ0v) is 14.5. The highest BCUT2D eigenvalue weighted by Gasteiger charge is 2.31. The fourth-order valence-corrected chi connectivity index (χ4v) is 3.21. The third kappa shape index (κ3) is 3.24. The lowest BCUT2D eigenvalue weighted by molar-refractivity contribution is -0.137. The fourth-order valence-electron chi connectivity index (χ4n) is 3.21. The standard InChI is InChI=1S/C18H17F3N4O2/c1-24-14-4-3-12(18(19,20)21)7-11(14)8-15(24)17(26)22-10-13-9-16-25(23-13)5-2-6-27-16/h3-4,7-9H,2,5-6,10H2,1H3,(H,22,26). The normalized spacial score (nSPS) is 14.1. The van der Waals surface area contributed by atoms with Crippen LogP contribution in [-0.2, 0) is 26.3 Å². The van der Waals surface area contributed by atoms with Gasteiger partial charge in [-0.3, -0.25) is 4.79 Å². The SMILES string of the molecule is Cn1c(C(=O)NCc2cc3n(n2)CCCO3)cc2cc(C(F)(F)F)ccc21. The Morgan fingerprint density at radius 3 is 2.85 bits per heavy atom. The summed E-state index contributed by atoms with van der Waals surface area (Å²) in [6.07, 6.45) is -3.54. The van der Waals surface area contributed by atoms with Crippen molar-refractivity contribution in [2.75, 3.05) is 6.61 Å². The Kier molecular flexibility index (Phi) is 4.09. The Morgan fingerprint density at radius 1 is 1.30 bits per heavy atom. The van der Waals surface area contributed by atoms with Crippen molar-refractivity contribution in [1.29, 1.82) is 0 Å². The van der Waals surface area contributed by atoms with Gasteiger partial charge in [-0.25, -0.2) is 4.68 Å². The summed E-state index contributed by atoms with van der Waals surface area (Å²) in [5.74, 6) is 0.295. The maximum atomic E-state index is 12.9. The minimum atomic E-state index is -4.42. The molecule has 0 saturated heterocycles. The number of halogens is 3. The summed E-state index contributed by atoms with van der Waals surface area (Å²) < 4.78 is 47.5. The van der Waals surface area contributed by atoms with E-state index >= 15 is 0 Å². The van der Waals surface area contributed by atoms with Gasteiger partial charge < -0.3 is 14.6 Å². The predicted octanol–water partition coefficient (Wildman–Crippen LogP) is 3.11. The van der Waals surface area contributed by atoms with Gasteiger partial charge in [0.2, 0.25) is 5.88 Å². The van der Waals surface area contributed by atoms with Gasteiger partial charge in [-0.05, 0) is 24.3 Å². The number of carbonyl (C=O) groups is 1. The number of nitrogens with zero attached hydrogens (tertiary/aromatic N) is 3. The number of alkyl halides is 3. The van der Waals surface area contributed by atoms with Crippen LogP contribution in [0.5, 0.6) is 5.88 Å². The molecule has 0 fully saturated rings. The van der Waals surface area contributed by atoms with Gasteiger partial charge in [-0.15, -0.1) is 0 Å². The molecule has 6 nitrogen and oxygen atoms in total. The summed E-state index contributed by atoms with van der Waals surface area (Å²) in [6.45, 7) is 1.62. The lowest BCUT2D eigenvalue weighted by Crippen LogP contribution is -2.25. The van der Waals surface area contributed by atoms with E-state index in [0.29, 0.717) is 29.1 Å². The smallest absolute Gasteiger partial charge is 0.416 e. The number of rotatable bonds is 3. The summed E-state index contributed by atoms with van der Waals surface area (Å²) in [4.78, 5) is 12.5. The number of aryl methyl sites for hydroxylation is 2. The van der Waals surface area contributed by atoms with Crippen molar-refractivity contribution in [2.45, 2.75) is 25.7 Å². The van der Waals surface area contributed by atoms with Crippen molar-refractivity contribution in [3.05, 3.63) is 47.3 Å². The Labute approximate surface area is 152 Å². The van der Waals surface area contributed by atoms with Crippen LogP contribution >= 0.6 is 0 Å². The summed E-state index contributed by atoms with van der Waals surface area (Å²) in [5.41, 5.74) is 0.762. The van der Waals surface area contributed by atoms with Crippen molar-refractivity contribution in [3.63, 3.8) is 0 Å². The first-order valence-corrected chi connectivity index (χ1v) is 8.47. The Bertz CT molecular complexity index is 996. The second-order valence-corrected chi connectivity index (χ2v) is 6.44. The molecule has 3 heterocycles. The molecule has 4 rings (SSSR count). The second-order valence-electron chi connectivity index (χ2n) is 6.44. The lowest BCUT2D eigenvalue weighted by Gasteiger charge is -2.13. The molecule has 0 unspecified atom stereocenters. The highest BCUT2D eigenvalue weighted by Crippen LogP contribution is 2.32. The van der Waals surface area contributed by atoms with Crippen LogP contribution in [0.1, 0.15) is 28.2 Å². The van der Waals surface area contributed by atoms with Crippen LogP contribution in [0, 0.1) is 0 Å².